The van der Waals surface area contributed by atoms with Crippen LogP contribution >= 0.6 is 0 Å². The van der Waals surface area contributed by atoms with Gasteiger partial charge in [-0.25, -0.2) is 13.6 Å². The van der Waals surface area contributed by atoms with Crippen molar-refractivity contribution in [2.75, 3.05) is 0 Å². The van der Waals surface area contributed by atoms with Crippen LogP contribution in [-0.4, -0.2) is 27.6 Å². The summed E-state index contributed by atoms with van der Waals surface area (Å²) in [6, 6.07) is 9.82. The molecule has 0 spiro atoms. The Bertz CT molecular complexity index is 1170. The number of hydrogen-bond donors (Lipinski definition) is 2. The third-order valence-electron chi connectivity index (χ3n) is 6.24. The summed E-state index contributed by atoms with van der Waals surface area (Å²) in [5, 5.41) is 13.5. The first-order valence-electron chi connectivity index (χ1n) is 10.9. The molecule has 168 valence electrons. The van der Waals surface area contributed by atoms with Crippen LogP contribution in [0.15, 0.2) is 42.5 Å². The van der Waals surface area contributed by atoms with E-state index in [2.05, 4.69) is 5.32 Å². The summed E-state index contributed by atoms with van der Waals surface area (Å²) >= 11 is 0. The number of halogens is 2. The van der Waals surface area contributed by atoms with Gasteiger partial charge in [0.05, 0.1) is 0 Å². The predicted molar refractivity (Wildman–Crippen MR) is 118 cm³/mol. The van der Waals surface area contributed by atoms with E-state index in [9.17, 15) is 23.5 Å². The highest BCUT2D eigenvalue weighted by Gasteiger charge is 2.30. The molecule has 0 saturated carbocycles. The largest absolute Gasteiger partial charge is 0.480 e. The smallest absolute Gasteiger partial charge is 0.326 e. The van der Waals surface area contributed by atoms with Crippen molar-refractivity contribution >= 4 is 22.8 Å². The lowest BCUT2D eigenvalue weighted by Crippen LogP contribution is -2.39. The molecule has 1 unspecified atom stereocenters. The van der Waals surface area contributed by atoms with E-state index in [1.165, 1.54) is 24.3 Å². The van der Waals surface area contributed by atoms with Gasteiger partial charge in [0.15, 0.2) is 0 Å². The molecule has 0 bridgehead atoms. The van der Waals surface area contributed by atoms with Crippen molar-refractivity contribution in [1.29, 1.82) is 0 Å². The maximum atomic E-state index is 14.0. The fourth-order valence-corrected chi connectivity index (χ4v) is 4.76. The van der Waals surface area contributed by atoms with E-state index >= 15 is 0 Å². The van der Waals surface area contributed by atoms with Crippen molar-refractivity contribution < 1.29 is 23.5 Å². The number of aryl methyl sites for hydroxylation is 1. The lowest BCUT2D eigenvalue weighted by atomic mass is 9.91. The molecule has 3 aromatic rings. The van der Waals surface area contributed by atoms with Gasteiger partial charge >= 0.3 is 5.97 Å². The highest BCUT2D eigenvalue weighted by molar-refractivity contribution is 5.88. The zero-order valence-corrected chi connectivity index (χ0v) is 17.9. The number of carboxylic acid groups (broad SMARTS) is 1. The van der Waals surface area contributed by atoms with Crippen molar-refractivity contribution in [2.24, 2.45) is 0 Å². The van der Waals surface area contributed by atoms with E-state index in [0.717, 1.165) is 16.8 Å². The monoisotopic (exact) mass is 440 g/mol. The van der Waals surface area contributed by atoms with Crippen LogP contribution in [0.1, 0.15) is 49.0 Å². The SMILES string of the molecule is CCC(C(=O)O)n1c2c(c3cc(F)ccc31)C[C@@H](NC(=O)CCc1cccc(F)c1)CC2. The number of aliphatic carboxylic acids is 1. The molecule has 0 radical (unpaired) electrons. The topological polar surface area (TPSA) is 71.3 Å². The summed E-state index contributed by atoms with van der Waals surface area (Å²) in [6.07, 6.45) is 2.91. The summed E-state index contributed by atoms with van der Waals surface area (Å²) in [5.41, 5.74) is 3.29. The number of nitrogens with one attached hydrogen (secondary N) is 1. The van der Waals surface area contributed by atoms with Gasteiger partial charge in [-0.05, 0) is 73.6 Å². The fraction of sp³-hybridized carbons (Fsp3) is 0.360. The van der Waals surface area contributed by atoms with Crippen LogP contribution in [0.5, 0.6) is 0 Å². The molecule has 32 heavy (non-hydrogen) atoms. The maximum Gasteiger partial charge on any atom is 0.326 e. The Morgan fingerprint density at radius 3 is 2.69 bits per heavy atom. The summed E-state index contributed by atoms with van der Waals surface area (Å²) < 4.78 is 29.2. The molecule has 2 atom stereocenters. The van der Waals surface area contributed by atoms with Gasteiger partial charge in [-0.2, -0.15) is 0 Å². The van der Waals surface area contributed by atoms with Crippen molar-refractivity contribution in [2.45, 2.75) is 57.5 Å². The molecule has 2 N–H and O–H groups in total. The van der Waals surface area contributed by atoms with Crippen LogP contribution in [0.2, 0.25) is 0 Å². The Morgan fingerprint density at radius 2 is 1.97 bits per heavy atom. The van der Waals surface area contributed by atoms with Gasteiger partial charge in [-0.15, -0.1) is 0 Å². The standard InChI is InChI=1S/C25H26F2N2O3/c1-2-21(25(31)32)29-22-9-7-17(27)13-19(22)20-14-18(8-10-23(20)29)28-24(30)11-6-15-4-3-5-16(26)12-15/h3-5,7,9,12-13,18,21H,2,6,8,10-11,14H2,1H3,(H,28,30)(H,31,32)/t18-,21?/m0/s1. The fourth-order valence-electron chi connectivity index (χ4n) is 4.76. The number of nitrogens with zero attached hydrogens (tertiary/aromatic N) is 1. The second-order valence-electron chi connectivity index (χ2n) is 8.36. The Morgan fingerprint density at radius 1 is 1.19 bits per heavy atom. The highest BCUT2D eigenvalue weighted by atomic mass is 19.1. The Kier molecular flexibility index (Phi) is 6.26. The van der Waals surface area contributed by atoms with Gasteiger partial charge in [-0.3, -0.25) is 4.79 Å². The van der Waals surface area contributed by atoms with Crippen molar-refractivity contribution in [1.82, 2.24) is 9.88 Å². The third-order valence-corrected chi connectivity index (χ3v) is 6.24. The molecular weight excluding hydrogens is 414 g/mol. The minimum absolute atomic E-state index is 0.116. The average molecular weight is 440 g/mol. The van der Waals surface area contributed by atoms with Crippen molar-refractivity contribution in [3.63, 3.8) is 0 Å². The van der Waals surface area contributed by atoms with Crippen LogP contribution < -0.4 is 5.32 Å². The van der Waals surface area contributed by atoms with Crippen molar-refractivity contribution in [3.8, 4) is 0 Å². The lowest BCUT2D eigenvalue weighted by molar-refractivity contribution is -0.141. The number of amides is 1. The normalized spacial score (nSPS) is 16.5. The molecule has 1 aliphatic carbocycles. The molecule has 2 aromatic carbocycles. The lowest BCUT2D eigenvalue weighted by Gasteiger charge is -2.26. The zero-order chi connectivity index (χ0) is 22.8. The summed E-state index contributed by atoms with van der Waals surface area (Å²) in [7, 11) is 0. The minimum atomic E-state index is -0.913. The van der Waals surface area contributed by atoms with E-state index in [0.29, 0.717) is 43.0 Å². The number of fused-ring (bicyclic) bond motifs is 3. The molecule has 4 rings (SSSR count). The first-order chi connectivity index (χ1) is 15.4. The molecule has 1 aliphatic rings. The number of aromatic nitrogens is 1. The van der Waals surface area contributed by atoms with Crippen molar-refractivity contribution in [3.05, 3.63) is 70.9 Å². The number of benzene rings is 2. The Hall–Kier alpha value is -3.22. The number of carbonyl (C=O) groups is 2. The van der Waals surface area contributed by atoms with E-state index in [1.807, 2.05) is 11.5 Å². The molecule has 0 fully saturated rings. The van der Waals surface area contributed by atoms with E-state index < -0.39 is 12.0 Å². The van der Waals surface area contributed by atoms with E-state index in [-0.39, 0.29) is 30.0 Å². The number of carbonyl (C=O) groups excluding carboxylic acids is 1. The Labute approximate surface area is 185 Å². The van der Waals surface area contributed by atoms with Gasteiger partial charge in [0.25, 0.3) is 0 Å². The quantitative estimate of drug-likeness (QED) is 0.566. The summed E-state index contributed by atoms with van der Waals surface area (Å²) in [4.78, 5) is 24.4. The average Bonchev–Trinajstić information content (AvgIpc) is 3.06. The Balaban J connectivity index is 1.54. The summed E-state index contributed by atoms with van der Waals surface area (Å²) in [5.74, 6) is -1.72. The molecule has 1 aromatic heterocycles. The van der Waals surface area contributed by atoms with E-state index in [4.69, 9.17) is 0 Å². The molecule has 1 amide bonds. The third kappa shape index (κ3) is 4.38. The van der Waals surface area contributed by atoms with Gasteiger partial charge in [0.1, 0.15) is 17.7 Å². The van der Waals surface area contributed by atoms with Crippen LogP contribution in [0.4, 0.5) is 8.78 Å². The first-order valence-corrected chi connectivity index (χ1v) is 10.9. The zero-order valence-electron chi connectivity index (χ0n) is 17.9. The van der Waals surface area contributed by atoms with Gasteiger partial charge < -0.3 is 15.0 Å². The van der Waals surface area contributed by atoms with Crippen LogP contribution in [-0.2, 0) is 28.9 Å². The highest BCUT2D eigenvalue weighted by Crippen LogP contribution is 2.36. The van der Waals surface area contributed by atoms with Crippen LogP contribution in [0, 0.1) is 11.6 Å². The number of hydrogen-bond acceptors (Lipinski definition) is 2. The molecule has 0 saturated heterocycles. The van der Waals surface area contributed by atoms with Gasteiger partial charge in [-0.1, -0.05) is 19.1 Å². The van der Waals surface area contributed by atoms with E-state index in [1.54, 1.807) is 18.2 Å². The predicted octanol–water partition coefficient (Wildman–Crippen LogP) is 4.56. The summed E-state index contributed by atoms with van der Waals surface area (Å²) in [6.45, 7) is 1.82. The minimum Gasteiger partial charge on any atom is -0.480 e. The molecular formula is C25H26F2N2O3. The van der Waals surface area contributed by atoms with Crippen LogP contribution in [0.3, 0.4) is 0 Å². The van der Waals surface area contributed by atoms with Gasteiger partial charge in [0, 0.05) is 29.1 Å². The second kappa shape index (κ2) is 9.10. The van der Waals surface area contributed by atoms with Gasteiger partial charge in [0.2, 0.25) is 5.91 Å². The molecule has 1 heterocycles. The molecule has 7 heteroatoms. The number of rotatable bonds is 7. The maximum absolute atomic E-state index is 14.0. The second-order valence-corrected chi connectivity index (χ2v) is 8.36. The van der Waals surface area contributed by atoms with Crippen LogP contribution in [0.25, 0.3) is 10.9 Å². The molecule has 5 nitrogen and oxygen atoms in total. The first kappa shape index (κ1) is 22.0. The number of carboxylic acids is 1. The molecule has 0 aliphatic heterocycles.